The van der Waals surface area contributed by atoms with Gasteiger partial charge in [-0.2, -0.15) is 0 Å². The van der Waals surface area contributed by atoms with Crippen LogP contribution in [-0.4, -0.2) is 46.5 Å². The van der Waals surface area contributed by atoms with Crippen LogP contribution >= 0.6 is 22.3 Å². The zero-order chi connectivity index (χ0) is 15.5. The number of nitrogens with zero attached hydrogens (tertiary/aromatic N) is 1. The number of hydrogen-bond donors (Lipinski definition) is 0. The highest BCUT2D eigenvalue weighted by atomic mass is 35.7. The zero-order valence-corrected chi connectivity index (χ0v) is 13.6. The van der Waals surface area contributed by atoms with Crippen molar-refractivity contribution in [1.82, 2.24) is 4.90 Å². The van der Waals surface area contributed by atoms with Gasteiger partial charge in [-0.3, -0.25) is 4.79 Å². The van der Waals surface area contributed by atoms with Crippen LogP contribution in [0.25, 0.3) is 0 Å². The van der Waals surface area contributed by atoms with Crippen LogP contribution in [0.3, 0.4) is 0 Å². The Balaban J connectivity index is 3.21. The molecule has 20 heavy (non-hydrogen) atoms. The molecule has 0 unspecified atom stereocenters. The van der Waals surface area contributed by atoms with Crippen LogP contribution < -0.4 is 0 Å². The van der Waals surface area contributed by atoms with E-state index in [9.17, 15) is 13.2 Å². The van der Waals surface area contributed by atoms with E-state index in [1.54, 1.807) is 14.0 Å². The molecule has 0 fully saturated rings. The summed E-state index contributed by atoms with van der Waals surface area (Å²) in [7, 11) is 4.44. The minimum Gasteiger partial charge on any atom is -0.383 e. The van der Waals surface area contributed by atoms with Gasteiger partial charge in [0.25, 0.3) is 15.0 Å². The standard InChI is InChI=1S/C12H15Cl2NO4S/c1-8-6-9(12(16)15(2)4-5-19-3)7-10(11(8)13)20(14,17)18/h6-7H,4-5H2,1-3H3. The van der Waals surface area contributed by atoms with Gasteiger partial charge in [-0.15, -0.1) is 0 Å². The number of methoxy groups -OCH3 is 1. The second-order valence-electron chi connectivity index (χ2n) is 4.26. The third kappa shape index (κ3) is 4.09. The fourth-order valence-electron chi connectivity index (χ4n) is 1.59. The van der Waals surface area contributed by atoms with Crippen molar-refractivity contribution in [2.24, 2.45) is 0 Å². The van der Waals surface area contributed by atoms with Gasteiger partial charge in [-0.1, -0.05) is 11.6 Å². The van der Waals surface area contributed by atoms with E-state index in [0.717, 1.165) is 0 Å². The van der Waals surface area contributed by atoms with Crippen LogP contribution in [0, 0.1) is 6.92 Å². The topological polar surface area (TPSA) is 63.7 Å². The predicted molar refractivity (Wildman–Crippen MR) is 78.1 cm³/mol. The van der Waals surface area contributed by atoms with Crippen LogP contribution in [-0.2, 0) is 13.8 Å². The first kappa shape index (κ1) is 17.2. The van der Waals surface area contributed by atoms with Crippen molar-refractivity contribution in [1.29, 1.82) is 0 Å². The van der Waals surface area contributed by atoms with Crippen molar-refractivity contribution >= 4 is 37.2 Å². The molecular formula is C12H15Cl2NO4S. The highest BCUT2D eigenvalue weighted by Crippen LogP contribution is 2.29. The smallest absolute Gasteiger partial charge is 0.262 e. The number of rotatable bonds is 5. The SMILES string of the molecule is COCCN(C)C(=O)c1cc(C)c(Cl)c(S(=O)(=O)Cl)c1. The van der Waals surface area contributed by atoms with Gasteiger partial charge in [-0.05, 0) is 24.6 Å². The van der Waals surface area contributed by atoms with Crippen molar-refractivity contribution in [3.8, 4) is 0 Å². The first-order valence-electron chi connectivity index (χ1n) is 5.67. The third-order valence-corrected chi connectivity index (χ3v) is 4.67. The molecule has 0 aliphatic carbocycles. The molecule has 0 spiro atoms. The van der Waals surface area contributed by atoms with Crippen LogP contribution in [0.5, 0.6) is 0 Å². The molecule has 5 nitrogen and oxygen atoms in total. The number of halogens is 2. The van der Waals surface area contributed by atoms with Gasteiger partial charge in [0.1, 0.15) is 4.90 Å². The number of amides is 1. The van der Waals surface area contributed by atoms with E-state index < -0.39 is 9.05 Å². The quantitative estimate of drug-likeness (QED) is 0.772. The molecule has 0 aliphatic heterocycles. The highest BCUT2D eigenvalue weighted by Gasteiger charge is 2.21. The molecule has 8 heteroatoms. The predicted octanol–water partition coefficient (Wildman–Crippen LogP) is 2.29. The van der Waals surface area contributed by atoms with Crippen molar-refractivity contribution in [3.05, 3.63) is 28.3 Å². The third-order valence-electron chi connectivity index (χ3n) is 2.71. The molecule has 0 N–H and O–H groups in total. The lowest BCUT2D eigenvalue weighted by Gasteiger charge is -2.17. The molecule has 112 valence electrons. The fourth-order valence-corrected chi connectivity index (χ4v) is 3.13. The lowest BCUT2D eigenvalue weighted by Crippen LogP contribution is -2.30. The second-order valence-corrected chi connectivity index (χ2v) is 7.17. The van der Waals surface area contributed by atoms with E-state index in [1.807, 2.05) is 0 Å². The van der Waals surface area contributed by atoms with Crippen LogP contribution in [0.15, 0.2) is 17.0 Å². The first-order chi connectivity index (χ1) is 9.18. The Hall–Kier alpha value is -0.820. The number of carbonyl (C=O) groups excluding carboxylic acids is 1. The first-order valence-corrected chi connectivity index (χ1v) is 8.36. The Kier molecular flexibility index (Phi) is 5.82. The normalized spacial score (nSPS) is 11.4. The average Bonchev–Trinajstić information content (AvgIpc) is 2.36. The number of benzene rings is 1. The lowest BCUT2D eigenvalue weighted by molar-refractivity contribution is 0.0744. The Morgan fingerprint density at radius 2 is 2.00 bits per heavy atom. The Labute approximate surface area is 127 Å². The molecule has 1 amide bonds. The largest absolute Gasteiger partial charge is 0.383 e. The number of ether oxygens (including phenoxy) is 1. The summed E-state index contributed by atoms with van der Waals surface area (Å²) in [5.74, 6) is -0.330. The van der Waals surface area contributed by atoms with E-state index in [4.69, 9.17) is 27.0 Å². The summed E-state index contributed by atoms with van der Waals surface area (Å²) < 4.78 is 27.8. The maximum absolute atomic E-state index is 12.2. The summed E-state index contributed by atoms with van der Waals surface area (Å²) in [6.45, 7) is 2.38. The Morgan fingerprint density at radius 3 is 2.50 bits per heavy atom. The van der Waals surface area contributed by atoms with Crippen LogP contribution in [0.4, 0.5) is 0 Å². The maximum Gasteiger partial charge on any atom is 0.262 e. The highest BCUT2D eigenvalue weighted by molar-refractivity contribution is 8.13. The van der Waals surface area contributed by atoms with Gasteiger partial charge in [0.2, 0.25) is 0 Å². The van der Waals surface area contributed by atoms with Gasteiger partial charge in [0, 0.05) is 36.9 Å². The summed E-state index contributed by atoms with van der Waals surface area (Å²) in [5.41, 5.74) is 0.682. The van der Waals surface area contributed by atoms with Gasteiger partial charge in [0.15, 0.2) is 0 Å². The molecule has 0 radical (unpaired) electrons. The van der Waals surface area contributed by atoms with Crippen molar-refractivity contribution < 1.29 is 17.9 Å². The van der Waals surface area contributed by atoms with Gasteiger partial charge in [-0.25, -0.2) is 8.42 Å². The second kappa shape index (κ2) is 6.76. The van der Waals surface area contributed by atoms with Crippen molar-refractivity contribution in [2.45, 2.75) is 11.8 Å². The molecule has 0 heterocycles. The van der Waals surface area contributed by atoms with Crippen LogP contribution in [0.1, 0.15) is 15.9 Å². The summed E-state index contributed by atoms with van der Waals surface area (Å²) in [6.07, 6.45) is 0. The molecule has 0 atom stereocenters. The molecule has 0 bridgehead atoms. The summed E-state index contributed by atoms with van der Waals surface area (Å²) in [4.78, 5) is 13.4. The van der Waals surface area contributed by atoms with E-state index in [2.05, 4.69) is 0 Å². The van der Waals surface area contributed by atoms with Gasteiger partial charge >= 0.3 is 0 Å². The molecule has 0 aromatic heterocycles. The Morgan fingerprint density at radius 1 is 1.40 bits per heavy atom. The molecule has 0 saturated carbocycles. The van der Waals surface area contributed by atoms with Gasteiger partial charge in [0.05, 0.1) is 11.6 Å². The number of hydrogen-bond acceptors (Lipinski definition) is 4. The minimum atomic E-state index is -4.01. The van der Waals surface area contributed by atoms with E-state index in [1.165, 1.54) is 24.1 Å². The van der Waals surface area contributed by atoms with Crippen molar-refractivity contribution in [3.63, 3.8) is 0 Å². The Bertz CT molecular complexity index is 616. The molecule has 0 aliphatic rings. The number of likely N-dealkylation sites (N-methyl/N-ethyl adjacent to an activating group) is 1. The van der Waals surface area contributed by atoms with E-state index >= 15 is 0 Å². The fraction of sp³-hybridized carbons (Fsp3) is 0.417. The van der Waals surface area contributed by atoms with E-state index in [-0.39, 0.29) is 21.4 Å². The zero-order valence-electron chi connectivity index (χ0n) is 11.3. The van der Waals surface area contributed by atoms with E-state index in [0.29, 0.717) is 18.7 Å². The summed E-state index contributed by atoms with van der Waals surface area (Å²) in [6, 6.07) is 2.71. The minimum absolute atomic E-state index is 0.0242. The molecule has 1 aromatic carbocycles. The van der Waals surface area contributed by atoms with Crippen LogP contribution in [0.2, 0.25) is 5.02 Å². The molecular weight excluding hydrogens is 325 g/mol. The lowest BCUT2D eigenvalue weighted by atomic mass is 10.1. The molecule has 1 aromatic rings. The maximum atomic E-state index is 12.2. The average molecular weight is 340 g/mol. The van der Waals surface area contributed by atoms with Gasteiger partial charge < -0.3 is 9.64 Å². The number of aryl methyl sites for hydroxylation is 1. The molecule has 0 saturated heterocycles. The molecule has 1 rings (SSSR count). The summed E-state index contributed by atoms with van der Waals surface area (Å²) >= 11 is 5.91. The van der Waals surface area contributed by atoms with Crippen molar-refractivity contribution in [2.75, 3.05) is 27.3 Å². The number of carbonyl (C=O) groups is 1. The monoisotopic (exact) mass is 339 g/mol. The summed E-state index contributed by atoms with van der Waals surface area (Å²) in [5, 5.41) is 0.0242.